The van der Waals surface area contributed by atoms with E-state index in [0.29, 0.717) is 5.82 Å². The SMILES string of the molecule is Cc1cc(NC(=O)C2C3CCC(C3)C2C(=O)O)nn1C. The van der Waals surface area contributed by atoms with Gasteiger partial charge in [0, 0.05) is 18.8 Å². The van der Waals surface area contributed by atoms with Gasteiger partial charge in [-0.2, -0.15) is 5.10 Å². The first-order valence-electron chi connectivity index (χ1n) is 7.01. The molecule has 4 atom stereocenters. The lowest BCUT2D eigenvalue weighted by Gasteiger charge is -2.26. The summed E-state index contributed by atoms with van der Waals surface area (Å²) < 4.78 is 1.69. The monoisotopic (exact) mass is 277 g/mol. The van der Waals surface area contributed by atoms with Crippen molar-refractivity contribution in [1.82, 2.24) is 9.78 Å². The fourth-order valence-electron chi connectivity index (χ4n) is 3.86. The Labute approximate surface area is 117 Å². The van der Waals surface area contributed by atoms with Gasteiger partial charge in [0.05, 0.1) is 11.8 Å². The van der Waals surface area contributed by atoms with Gasteiger partial charge in [-0.25, -0.2) is 0 Å². The number of carboxylic acids is 1. The van der Waals surface area contributed by atoms with E-state index in [4.69, 9.17) is 0 Å². The number of fused-ring (bicyclic) bond motifs is 2. The van der Waals surface area contributed by atoms with Gasteiger partial charge >= 0.3 is 5.97 Å². The second kappa shape index (κ2) is 4.61. The van der Waals surface area contributed by atoms with Crippen molar-refractivity contribution in [3.8, 4) is 0 Å². The number of carboxylic acid groups (broad SMARTS) is 1. The molecule has 2 fully saturated rings. The van der Waals surface area contributed by atoms with E-state index < -0.39 is 17.8 Å². The highest BCUT2D eigenvalue weighted by Gasteiger charge is 2.54. The Balaban J connectivity index is 1.77. The number of aliphatic carboxylic acids is 1. The molecule has 1 amide bonds. The van der Waals surface area contributed by atoms with E-state index in [9.17, 15) is 14.7 Å². The minimum absolute atomic E-state index is 0.165. The van der Waals surface area contributed by atoms with Crippen LogP contribution in [0.3, 0.4) is 0 Å². The predicted molar refractivity (Wildman–Crippen MR) is 72.0 cm³/mol. The number of carbonyl (C=O) groups is 2. The van der Waals surface area contributed by atoms with Crippen molar-refractivity contribution in [2.24, 2.45) is 30.7 Å². The molecule has 2 N–H and O–H groups in total. The van der Waals surface area contributed by atoms with E-state index in [1.165, 1.54) is 0 Å². The van der Waals surface area contributed by atoms with Gasteiger partial charge in [0.2, 0.25) is 5.91 Å². The summed E-state index contributed by atoms with van der Waals surface area (Å²) in [5.41, 5.74) is 0.947. The minimum Gasteiger partial charge on any atom is -0.481 e. The molecule has 20 heavy (non-hydrogen) atoms. The fourth-order valence-corrected chi connectivity index (χ4v) is 3.86. The third-order valence-electron chi connectivity index (χ3n) is 4.87. The third-order valence-corrected chi connectivity index (χ3v) is 4.87. The average Bonchev–Trinajstić information content (AvgIpc) is 3.04. The van der Waals surface area contributed by atoms with Crippen LogP contribution in [-0.2, 0) is 16.6 Å². The molecule has 2 bridgehead atoms. The first-order valence-corrected chi connectivity index (χ1v) is 7.01. The molecule has 108 valence electrons. The molecule has 1 heterocycles. The Morgan fingerprint density at radius 1 is 1.35 bits per heavy atom. The number of nitrogens with one attached hydrogen (secondary N) is 1. The smallest absolute Gasteiger partial charge is 0.307 e. The Kier molecular flexibility index (Phi) is 3.03. The number of hydrogen-bond donors (Lipinski definition) is 2. The lowest BCUT2D eigenvalue weighted by Crippen LogP contribution is -2.37. The largest absolute Gasteiger partial charge is 0.481 e. The lowest BCUT2D eigenvalue weighted by atomic mass is 9.79. The van der Waals surface area contributed by atoms with Crippen LogP contribution in [-0.4, -0.2) is 26.8 Å². The number of nitrogens with zero attached hydrogens (tertiary/aromatic N) is 2. The van der Waals surface area contributed by atoms with Gasteiger partial charge in [-0.05, 0) is 38.0 Å². The van der Waals surface area contributed by atoms with Crippen molar-refractivity contribution >= 4 is 17.7 Å². The number of carbonyl (C=O) groups excluding carboxylic acids is 1. The Morgan fingerprint density at radius 3 is 2.55 bits per heavy atom. The van der Waals surface area contributed by atoms with Gasteiger partial charge in [-0.1, -0.05) is 0 Å². The van der Waals surface area contributed by atoms with Gasteiger partial charge in [-0.3, -0.25) is 14.3 Å². The second-order valence-electron chi connectivity index (χ2n) is 6.01. The predicted octanol–water partition coefficient (Wildman–Crippen LogP) is 1.41. The number of hydrogen-bond acceptors (Lipinski definition) is 3. The van der Waals surface area contributed by atoms with Crippen LogP contribution in [0, 0.1) is 30.6 Å². The Hall–Kier alpha value is -1.85. The van der Waals surface area contributed by atoms with Gasteiger partial charge in [0.1, 0.15) is 0 Å². The summed E-state index contributed by atoms with van der Waals surface area (Å²) >= 11 is 0. The van der Waals surface area contributed by atoms with E-state index >= 15 is 0 Å². The number of rotatable bonds is 3. The summed E-state index contributed by atoms with van der Waals surface area (Å²) in [6.45, 7) is 1.90. The van der Waals surface area contributed by atoms with Crippen LogP contribution in [0.15, 0.2) is 6.07 Å². The molecule has 0 saturated heterocycles. The van der Waals surface area contributed by atoms with Crippen LogP contribution < -0.4 is 5.32 Å². The Bertz CT molecular complexity index is 547. The third kappa shape index (κ3) is 1.99. The van der Waals surface area contributed by atoms with Crippen molar-refractivity contribution in [2.75, 3.05) is 5.32 Å². The van der Waals surface area contributed by atoms with Gasteiger partial charge in [-0.15, -0.1) is 0 Å². The summed E-state index contributed by atoms with van der Waals surface area (Å²) in [6.07, 6.45) is 2.78. The molecule has 6 heteroatoms. The first kappa shape index (κ1) is 13.1. The number of aromatic nitrogens is 2. The summed E-state index contributed by atoms with van der Waals surface area (Å²) in [4.78, 5) is 23.8. The van der Waals surface area contributed by atoms with Crippen molar-refractivity contribution in [3.63, 3.8) is 0 Å². The fraction of sp³-hybridized carbons (Fsp3) is 0.643. The van der Waals surface area contributed by atoms with Crippen molar-refractivity contribution in [3.05, 3.63) is 11.8 Å². The summed E-state index contributed by atoms with van der Waals surface area (Å²) in [5.74, 6) is -1.09. The van der Waals surface area contributed by atoms with Crippen LogP contribution in [0.5, 0.6) is 0 Å². The molecule has 1 aromatic heterocycles. The van der Waals surface area contributed by atoms with Crippen LogP contribution in [0.1, 0.15) is 25.0 Å². The van der Waals surface area contributed by atoms with Gasteiger partial charge in [0.15, 0.2) is 5.82 Å². The summed E-state index contributed by atoms with van der Waals surface area (Å²) in [6, 6.07) is 1.79. The van der Waals surface area contributed by atoms with Crippen LogP contribution >= 0.6 is 0 Å². The van der Waals surface area contributed by atoms with Crippen LogP contribution in [0.2, 0.25) is 0 Å². The molecule has 2 aliphatic carbocycles. The van der Waals surface area contributed by atoms with E-state index in [1.54, 1.807) is 10.7 Å². The normalized spacial score (nSPS) is 31.5. The second-order valence-corrected chi connectivity index (χ2v) is 6.01. The summed E-state index contributed by atoms with van der Waals surface area (Å²) in [5, 5.41) is 16.3. The maximum Gasteiger partial charge on any atom is 0.307 e. The van der Waals surface area contributed by atoms with E-state index in [0.717, 1.165) is 25.0 Å². The molecule has 3 rings (SSSR count). The summed E-state index contributed by atoms with van der Waals surface area (Å²) in [7, 11) is 1.81. The lowest BCUT2D eigenvalue weighted by molar-refractivity contribution is -0.148. The molecule has 0 aliphatic heterocycles. The zero-order valence-electron chi connectivity index (χ0n) is 11.7. The molecular weight excluding hydrogens is 258 g/mol. The van der Waals surface area contributed by atoms with Crippen LogP contribution in [0.4, 0.5) is 5.82 Å². The minimum atomic E-state index is -0.838. The van der Waals surface area contributed by atoms with Crippen molar-refractivity contribution in [2.45, 2.75) is 26.2 Å². The van der Waals surface area contributed by atoms with Crippen LogP contribution in [0.25, 0.3) is 0 Å². The van der Waals surface area contributed by atoms with Gasteiger partial charge in [0.25, 0.3) is 0 Å². The molecule has 0 spiro atoms. The maximum absolute atomic E-state index is 12.4. The topological polar surface area (TPSA) is 84.2 Å². The number of anilines is 1. The molecule has 2 aliphatic rings. The van der Waals surface area contributed by atoms with Gasteiger partial charge < -0.3 is 10.4 Å². The molecule has 0 radical (unpaired) electrons. The number of aryl methyl sites for hydroxylation is 2. The molecule has 0 aromatic carbocycles. The van der Waals surface area contributed by atoms with E-state index in [1.807, 2.05) is 14.0 Å². The highest BCUT2D eigenvalue weighted by molar-refractivity contribution is 5.95. The first-order chi connectivity index (χ1) is 9.47. The number of amides is 1. The average molecular weight is 277 g/mol. The highest BCUT2D eigenvalue weighted by Crippen LogP contribution is 2.52. The maximum atomic E-state index is 12.4. The standard InChI is InChI=1S/C14H19N3O3/c1-7-5-10(16-17(7)2)15-13(18)11-8-3-4-9(6-8)12(11)14(19)20/h5,8-9,11-12H,3-4,6H2,1-2H3,(H,19,20)(H,15,16,18). The quantitative estimate of drug-likeness (QED) is 0.875. The molecular formula is C14H19N3O3. The molecule has 2 saturated carbocycles. The van der Waals surface area contributed by atoms with E-state index in [2.05, 4.69) is 10.4 Å². The van der Waals surface area contributed by atoms with Crippen molar-refractivity contribution < 1.29 is 14.7 Å². The zero-order valence-corrected chi connectivity index (χ0v) is 11.7. The zero-order chi connectivity index (χ0) is 14.4. The Morgan fingerprint density at radius 2 is 2.00 bits per heavy atom. The molecule has 4 unspecified atom stereocenters. The van der Waals surface area contributed by atoms with E-state index in [-0.39, 0.29) is 17.7 Å². The van der Waals surface area contributed by atoms with Crippen molar-refractivity contribution in [1.29, 1.82) is 0 Å². The molecule has 6 nitrogen and oxygen atoms in total. The molecule has 1 aromatic rings. The highest BCUT2D eigenvalue weighted by atomic mass is 16.4.